The normalized spacial score (nSPS) is 25.5. The van der Waals surface area contributed by atoms with Crippen LogP contribution in [0, 0.1) is 0 Å². The third kappa shape index (κ3) is 3.60. The Bertz CT molecular complexity index is 933. The molecule has 3 heterocycles. The van der Waals surface area contributed by atoms with Gasteiger partial charge in [0.2, 0.25) is 5.91 Å². The lowest BCUT2D eigenvalue weighted by Gasteiger charge is -2.47. The summed E-state index contributed by atoms with van der Waals surface area (Å²) in [5, 5.41) is 3.35. The minimum Gasteiger partial charge on any atom is -0.463 e. The van der Waals surface area contributed by atoms with Crippen LogP contribution in [0.3, 0.4) is 0 Å². The van der Waals surface area contributed by atoms with Crippen molar-refractivity contribution in [3.63, 3.8) is 0 Å². The molecule has 0 saturated heterocycles. The van der Waals surface area contributed by atoms with E-state index in [2.05, 4.69) is 5.32 Å². The van der Waals surface area contributed by atoms with Gasteiger partial charge in [0.25, 0.3) is 5.91 Å². The van der Waals surface area contributed by atoms with Crippen molar-refractivity contribution in [2.75, 3.05) is 0 Å². The first-order valence-corrected chi connectivity index (χ1v) is 12.0. The summed E-state index contributed by atoms with van der Waals surface area (Å²) in [6, 6.07) is 7.91. The Labute approximate surface area is 184 Å². The van der Waals surface area contributed by atoms with Gasteiger partial charge in [-0.1, -0.05) is 38.5 Å². The van der Waals surface area contributed by atoms with E-state index in [-0.39, 0.29) is 23.9 Å². The fourth-order valence-corrected chi connectivity index (χ4v) is 5.87. The molecule has 2 amide bonds. The van der Waals surface area contributed by atoms with E-state index in [4.69, 9.17) is 4.42 Å². The van der Waals surface area contributed by atoms with Crippen LogP contribution in [0.15, 0.2) is 34.9 Å². The van der Waals surface area contributed by atoms with Crippen molar-refractivity contribution in [1.29, 1.82) is 0 Å². The SMILES string of the molecule is C[C@]1(C(=O)NC2CCCCCC2)Cn2c(ccc2-c2ccco2)C(=O)N1C1CCCC1. The number of hydrogen-bond donors (Lipinski definition) is 1. The molecule has 0 aromatic carbocycles. The molecule has 1 atom stereocenters. The predicted octanol–water partition coefficient (Wildman–Crippen LogP) is 4.74. The van der Waals surface area contributed by atoms with Crippen molar-refractivity contribution in [2.45, 2.75) is 95.3 Å². The second-order valence-corrected chi connectivity index (χ2v) is 9.72. The molecule has 0 bridgehead atoms. The highest BCUT2D eigenvalue weighted by atomic mass is 16.3. The average Bonchev–Trinajstić information content (AvgIpc) is 3.49. The zero-order valence-electron chi connectivity index (χ0n) is 18.4. The summed E-state index contributed by atoms with van der Waals surface area (Å²) in [7, 11) is 0. The van der Waals surface area contributed by atoms with Crippen LogP contribution in [-0.2, 0) is 11.3 Å². The standard InChI is InChI=1S/C25H33N3O3/c1-25(24(30)26-18-9-4-2-3-5-10-18)17-27-20(22-13-8-16-31-22)14-15-21(27)23(29)28(25)19-11-6-7-12-19/h8,13-16,18-19H,2-7,9-12,17H2,1H3,(H,26,30)/t25-/m1/s1. The Balaban J connectivity index is 1.51. The van der Waals surface area contributed by atoms with Gasteiger partial charge in [0, 0.05) is 12.1 Å². The Hall–Kier alpha value is -2.50. The van der Waals surface area contributed by atoms with Crippen LogP contribution in [0.5, 0.6) is 0 Å². The molecule has 0 unspecified atom stereocenters. The van der Waals surface area contributed by atoms with E-state index in [0.29, 0.717) is 12.2 Å². The zero-order chi connectivity index (χ0) is 21.4. The van der Waals surface area contributed by atoms with E-state index in [1.807, 2.05) is 40.7 Å². The number of rotatable bonds is 4. The third-order valence-corrected chi connectivity index (χ3v) is 7.56. The molecule has 1 aliphatic heterocycles. The molecule has 0 spiro atoms. The summed E-state index contributed by atoms with van der Waals surface area (Å²) >= 11 is 0. The minimum absolute atomic E-state index is 0.00982. The molecular weight excluding hydrogens is 390 g/mol. The van der Waals surface area contributed by atoms with Crippen molar-refractivity contribution >= 4 is 11.8 Å². The van der Waals surface area contributed by atoms with Crippen LogP contribution in [0.4, 0.5) is 0 Å². The molecule has 3 aliphatic rings. The van der Waals surface area contributed by atoms with Gasteiger partial charge in [-0.2, -0.15) is 0 Å². The number of furan rings is 1. The molecule has 2 aromatic heterocycles. The Morgan fingerprint density at radius 1 is 1.00 bits per heavy atom. The van der Waals surface area contributed by atoms with Gasteiger partial charge in [-0.3, -0.25) is 9.59 Å². The predicted molar refractivity (Wildman–Crippen MR) is 119 cm³/mol. The maximum absolute atomic E-state index is 13.8. The van der Waals surface area contributed by atoms with E-state index in [9.17, 15) is 9.59 Å². The van der Waals surface area contributed by atoms with Gasteiger partial charge in [-0.15, -0.1) is 0 Å². The van der Waals surface area contributed by atoms with Gasteiger partial charge in [-0.05, 0) is 56.9 Å². The number of amides is 2. The van der Waals surface area contributed by atoms with Crippen molar-refractivity contribution in [2.24, 2.45) is 0 Å². The molecule has 2 aromatic rings. The van der Waals surface area contributed by atoms with E-state index in [1.165, 1.54) is 12.8 Å². The summed E-state index contributed by atoms with van der Waals surface area (Å²) in [5.74, 6) is 0.679. The highest BCUT2D eigenvalue weighted by molar-refractivity contribution is 6.00. The first-order chi connectivity index (χ1) is 15.1. The first-order valence-electron chi connectivity index (χ1n) is 12.0. The van der Waals surface area contributed by atoms with Crippen LogP contribution < -0.4 is 5.32 Å². The molecule has 0 radical (unpaired) electrons. The number of fused-ring (bicyclic) bond motifs is 1. The van der Waals surface area contributed by atoms with Gasteiger partial charge in [0.1, 0.15) is 17.0 Å². The van der Waals surface area contributed by atoms with Crippen molar-refractivity contribution in [1.82, 2.24) is 14.8 Å². The van der Waals surface area contributed by atoms with E-state index >= 15 is 0 Å². The van der Waals surface area contributed by atoms with Crippen LogP contribution in [0.2, 0.25) is 0 Å². The summed E-state index contributed by atoms with van der Waals surface area (Å²) in [4.78, 5) is 29.5. The smallest absolute Gasteiger partial charge is 0.271 e. The lowest BCUT2D eigenvalue weighted by Crippen LogP contribution is -2.67. The molecule has 6 nitrogen and oxygen atoms in total. The van der Waals surface area contributed by atoms with Crippen LogP contribution in [0.25, 0.3) is 11.5 Å². The minimum atomic E-state index is -0.911. The van der Waals surface area contributed by atoms with Gasteiger partial charge >= 0.3 is 0 Å². The molecule has 2 aliphatic carbocycles. The maximum atomic E-state index is 13.8. The second-order valence-electron chi connectivity index (χ2n) is 9.72. The maximum Gasteiger partial charge on any atom is 0.271 e. The summed E-state index contributed by atoms with van der Waals surface area (Å²) < 4.78 is 7.61. The van der Waals surface area contributed by atoms with Crippen molar-refractivity contribution in [3.8, 4) is 11.5 Å². The average molecular weight is 424 g/mol. The van der Waals surface area contributed by atoms with Crippen LogP contribution in [-0.4, -0.2) is 38.9 Å². The number of hydrogen-bond acceptors (Lipinski definition) is 3. The highest BCUT2D eigenvalue weighted by Gasteiger charge is 2.51. The molecule has 2 fully saturated rings. The quantitative estimate of drug-likeness (QED) is 0.722. The van der Waals surface area contributed by atoms with Crippen LogP contribution >= 0.6 is 0 Å². The van der Waals surface area contributed by atoms with Gasteiger partial charge < -0.3 is 19.2 Å². The van der Waals surface area contributed by atoms with Crippen LogP contribution in [0.1, 0.15) is 81.6 Å². The topological polar surface area (TPSA) is 67.5 Å². The van der Waals surface area contributed by atoms with E-state index in [1.54, 1.807) is 6.26 Å². The van der Waals surface area contributed by atoms with Gasteiger partial charge in [0.15, 0.2) is 0 Å². The number of carbonyl (C=O) groups excluding carboxylic acids is 2. The lowest BCUT2D eigenvalue weighted by atomic mass is 9.91. The lowest BCUT2D eigenvalue weighted by molar-refractivity contribution is -0.135. The summed E-state index contributed by atoms with van der Waals surface area (Å²) in [6.45, 7) is 2.41. The first kappa shape index (κ1) is 20.4. The third-order valence-electron chi connectivity index (χ3n) is 7.56. The molecule has 6 heteroatoms. The van der Waals surface area contributed by atoms with Gasteiger partial charge in [-0.25, -0.2) is 0 Å². The zero-order valence-corrected chi connectivity index (χ0v) is 18.4. The Morgan fingerprint density at radius 3 is 2.35 bits per heavy atom. The Morgan fingerprint density at radius 2 is 1.68 bits per heavy atom. The molecule has 31 heavy (non-hydrogen) atoms. The number of aromatic nitrogens is 1. The number of nitrogens with zero attached hydrogens (tertiary/aromatic N) is 2. The highest BCUT2D eigenvalue weighted by Crippen LogP contribution is 2.38. The van der Waals surface area contributed by atoms with E-state index < -0.39 is 5.54 Å². The molecule has 5 rings (SSSR count). The molecular formula is C25H33N3O3. The number of carbonyl (C=O) groups is 2. The fraction of sp³-hybridized carbons (Fsp3) is 0.600. The molecule has 166 valence electrons. The monoisotopic (exact) mass is 423 g/mol. The molecule has 1 N–H and O–H groups in total. The summed E-state index contributed by atoms with van der Waals surface area (Å²) in [6.07, 6.45) is 12.7. The Kier molecular flexibility index (Phi) is 5.40. The fourth-order valence-electron chi connectivity index (χ4n) is 5.87. The van der Waals surface area contributed by atoms with E-state index in [0.717, 1.165) is 62.8 Å². The summed E-state index contributed by atoms with van der Waals surface area (Å²) in [5.41, 5.74) is 0.595. The molecule has 2 saturated carbocycles. The number of nitrogens with one attached hydrogen (secondary N) is 1. The largest absolute Gasteiger partial charge is 0.463 e. The van der Waals surface area contributed by atoms with Crippen molar-refractivity contribution in [3.05, 3.63) is 36.2 Å². The van der Waals surface area contributed by atoms with Gasteiger partial charge in [0.05, 0.1) is 18.5 Å². The second kappa shape index (κ2) is 8.21. The van der Waals surface area contributed by atoms with Crippen molar-refractivity contribution < 1.29 is 14.0 Å².